The lowest BCUT2D eigenvalue weighted by Gasteiger charge is -2.42. The minimum absolute atomic E-state index is 0.142. The van der Waals surface area contributed by atoms with Crippen LogP contribution in [0.2, 0.25) is 0 Å². The molecule has 2 saturated carbocycles. The third-order valence-electron chi connectivity index (χ3n) is 4.47. The number of hydrogen-bond donors (Lipinski definition) is 2. The largest absolute Gasteiger partial charge is 0.481 e. The summed E-state index contributed by atoms with van der Waals surface area (Å²) in [6, 6.07) is 0. The lowest BCUT2D eigenvalue weighted by molar-refractivity contribution is -0.139. The molecular weight excluding hydrogens is 190 g/mol. The molecule has 0 radical (unpaired) electrons. The van der Waals surface area contributed by atoms with Gasteiger partial charge in [0.1, 0.15) is 0 Å². The van der Waals surface area contributed by atoms with Gasteiger partial charge in [0.05, 0.1) is 6.42 Å². The zero-order valence-electron chi connectivity index (χ0n) is 9.30. The maximum atomic E-state index is 10.7. The summed E-state index contributed by atoms with van der Waals surface area (Å²) in [4.78, 5) is 10.7. The summed E-state index contributed by atoms with van der Waals surface area (Å²) in [5.41, 5.74) is 6.26. The van der Waals surface area contributed by atoms with Crippen molar-refractivity contribution in [3.8, 4) is 0 Å². The van der Waals surface area contributed by atoms with E-state index in [0.717, 1.165) is 25.7 Å². The van der Waals surface area contributed by atoms with E-state index in [0.29, 0.717) is 5.41 Å². The zero-order chi connectivity index (χ0) is 10.9. The molecule has 0 aromatic heterocycles. The Hall–Kier alpha value is -0.570. The van der Waals surface area contributed by atoms with Gasteiger partial charge in [0, 0.05) is 5.54 Å². The van der Waals surface area contributed by atoms with Crippen LogP contribution in [0.3, 0.4) is 0 Å². The van der Waals surface area contributed by atoms with E-state index in [9.17, 15) is 4.79 Å². The molecule has 2 rings (SSSR count). The van der Waals surface area contributed by atoms with Gasteiger partial charge in [-0.1, -0.05) is 12.8 Å². The average Bonchev–Trinajstić information content (AvgIpc) is 2.59. The lowest BCUT2D eigenvalue weighted by Crippen LogP contribution is -2.47. The summed E-state index contributed by atoms with van der Waals surface area (Å²) >= 11 is 0. The quantitative estimate of drug-likeness (QED) is 0.736. The predicted molar refractivity (Wildman–Crippen MR) is 58.5 cm³/mol. The van der Waals surface area contributed by atoms with E-state index >= 15 is 0 Å². The molecule has 1 spiro atoms. The first-order chi connectivity index (χ1) is 7.04. The highest BCUT2D eigenvalue weighted by Gasteiger charge is 2.42. The van der Waals surface area contributed by atoms with E-state index in [4.69, 9.17) is 10.8 Å². The maximum Gasteiger partial charge on any atom is 0.305 e. The molecule has 0 aromatic carbocycles. The van der Waals surface area contributed by atoms with Crippen molar-refractivity contribution >= 4 is 5.97 Å². The first kappa shape index (κ1) is 10.9. The molecule has 86 valence electrons. The van der Waals surface area contributed by atoms with Gasteiger partial charge in [-0.3, -0.25) is 4.79 Å². The normalized spacial score (nSPS) is 28.1. The molecule has 3 N–H and O–H groups in total. The molecule has 0 aliphatic heterocycles. The van der Waals surface area contributed by atoms with Crippen LogP contribution >= 0.6 is 0 Å². The molecule has 0 heterocycles. The first-order valence-corrected chi connectivity index (χ1v) is 6.04. The van der Waals surface area contributed by atoms with Gasteiger partial charge in [-0.05, 0) is 43.9 Å². The minimum atomic E-state index is -0.750. The second-order valence-corrected chi connectivity index (χ2v) is 5.64. The van der Waals surface area contributed by atoms with Crippen molar-refractivity contribution in [3.05, 3.63) is 0 Å². The van der Waals surface area contributed by atoms with Crippen molar-refractivity contribution in [2.75, 3.05) is 0 Å². The molecule has 2 aliphatic rings. The van der Waals surface area contributed by atoms with E-state index in [2.05, 4.69) is 0 Å². The molecular formula is C12H21NO2. The number of carboxylic acids is 1. The molecule has 0 unspecified atom stereocenters. The van der Waals surface area contributed by atoms with E-state index in [1.807, 2.05) is 0 Å². The Morgan fingerprint density at radius 2 is 1.60 bits per heavy atom. The van der Waals surface area contributed by atoms with Crippen LogP contribution in [0, 0.1) is 5.41 Å². The van der Waals surface area contributed by atoms with E-state index in [1.165, 1.54) is 25.7 Å². The molecule has 0 aromatic rings. The van der Waals surface area contributed by atoms with Gasteiger partial charge in [-0.2, -0.15) is 0 Å². The van der Waals surface area contributed by atoms with Crippen LogP contribution in [-0.2, 0) is 4.79 Å². The molecule has 3 nitrogen and oxygen atoms in total. The Morgan fingerprint density at radius 1 is 1.07 bits per heavy atom. The Kier molecular flexibility index (Phi) is 2.75. The number of carboxylic acid groups (broad SMARTS) is 1. The number of carbonyl (C=O) groups is 1. The molecule has 3 heteroatoms. The average molecular weight is 211 g/mol. The number of nitrogens with two attached hydrogens (primary N) is 1. The summed E-state index contributed by atoms with van der Waals surface area (Å²) in [5.74, 6) is -0.750. The topological polar surface area (TPSA) is 63.3 Å². The molecule has 0 atom stereocenters. The van der Waals surface area contributed by atoms with E-state index in [1.54, 1.807) is 0 Å². The highest BCUT2D eigenvalue weighted by molar-refractivity contribution is 5.68. The minimum Gasteiger partial charge on any atom is -0.481 e. The third-order valence-corrected chi connectivity index (χ3v) is 4.47. The summed E-state index contributed by atoms with van der Waals surface area (Å²) in [6.07, 6.45) is 9.65. The van der Waals surface area contributed by atoms with Gasteiger partial charge >= 0.3 is 5.97 Å². The SMILES string of the molecule is NC1(CC(=O)O)CCC2(CCCC2)CC1. The van der Waals surface area contributed by atoms with Gasteiger partial charge in [0.15, 0.2) is 0 Å². The van der Waals surface area contributed by atoms with Crippen molar-refractivity contribution in [2.24, 2.45) is 11.1 Å². The van der Waals surface area contributed by atoms with Crippen LogP contribution in [-0.4, -0.2) is 16.6 Å². The van der Waals surface area contributed by atoms with Gasteiger partial charge in [-0.15, -0.1) is 0 Å². The fourth-order valence-electron chi connectivity index (χ4n) is 3.38. The van der Waals surface area contributed by atoms with Crippen LogP contribution in [0.25, 0.3) is 0 Å². The van der Waals surface area contributed by atoms with Crippen LogP contribution in [0.15, 0.2) is 0 Å². The van der Waals surface area contributed by atoms with Crippen LogP contribution in [0.5, 0.6) is 0 Å². The molecule has 2 aliphatic carbocycles. The van der Waals surface area contributed by atoms with E-state index < -0.39 is 11.5 Å². The van der Waals surface area contributed by atoms with Crippen molar-refractivity contribution in [3.63, 3.8) is 0 Å². The van der Waals surface area contributed by atoms with E-state index in [-0.39, 0.29) is 6.42 Å². The summed E-state index contributed by atoms with van der Waals surface area (Å²) < 4.78 is 0. The fourth-order valence-corrected chi connectivity index (χ4v) is 3.38. The third kappa shape index (κ3) is 2.33. The van der Waals surface area contributed by atoms with Gasteiger partial charge < -0.3 is 10.8 Å². The standard InChI is InChI=1S/C12H21NO2/c13-12(9-10(14)15)7-5-11(6-8-12)3-1-2-4-11/h1-9,13H2,(H,14,15). The first-order valence-electron chi connectivity index (χ1n) is 6.04. The second kappa shape index (κ2) is 3.78. The van der Waals surface area contributed by atoms with Gasteiger partial charge in [0.2, 0.25) is 0 Å². The molecule has 15 heavy (non-hydrogen) atoms. The highest BCUT2D eigenvalue weighted by atomic mass is 16.4. The lowest BCUT2D eigenvalue weighted by atomic mass is 9.66. The number of hydrogen-bond acceptors (Lipinski definition) is 2. The van der Waals surface area contributed by atoms with Crippen LogP contribution in [0.4, 0.5) is 0 Å². The van der Waals surface area contributed by atoms with Crippen molar-refractivity contribution < 1.29 is 9.90 Å². The number of rotatable bonds is 2. The van der Waals surface area contributed by atoms with Gasteiger partial charge in [0.25, 0.3) is 0 Å². The molecule has 0 saturated heterocycles. The predicted octanol–water partition coefficient (Wildman–Crippen LogP) is 2.29. The van der Waals surface area contributed by atoms with Crippen molar-refractivity contribution in [2.45, 2.75) is 63.3 Å². The summed E-state index contributed by atoms with van der Waals surface area (Å²) in [6.45, 7) is 0. The van der Waals surface area contributed by atoms with Crippen molar-refractivity contribution in [1.82, 2.24) is 0 Å². The Morgan fingerprint density at radius 3 is 2.07 bits per heavy atom. The van der Waals surface area contributed by atoms with Crippen molar-refractivity contribution in [1.29, 1.82) is 0 Å². The molecule has 2 fully saturated rings. The Balaban J connectivity index is 1.93. The fraction of sp³-hybridized carbons (Fsp3) is 0.917. The monoisotopic (exact) mass is 211 g/mol. The van der Waals surface area contributed by atoms with Crippen LogP contribution < -0.4 is 5.73 Å². The Bertz CT molecular complexity index is 246. The zero-order valence-corrected chi connectivity index (χ0v) is 9.30. The van der Waals surface area contributed by atoms with Crippen LogP contribution in [0.1, 0.15) is 57.8 Å². The molecule has 0 amide bonds. The summed E-state index contributed by atoms with van der Waals surface area (Å²) in [7, 11) is 0. The second-order valence-electron chi connectivity index (χ2n) is 5.64. The Labute approximate surface area is 91.0 Å². The highest BCUT2D eigenvalue weighted by Crippen LogP contribution is 2.51. The number of aliphatic carboxylic acids is 1. The van der Waals surface area contributed by atoms with Gasteiger partial charge in [-0.25, -0.2) is 0 Å². The maximum absolute atomic E-state index is 10.7. The molecule has 0 bridgehead atoms. The summed E-state index contributed by atoms with van der Waals surface area (Å²) in [5, 5.41) is 8.81. The smallest absolute Gasteiger partial charge is 0.305 e.